The molecule has 208 valence electrons. The summed E-state index contributed by atoms with van der Waals surface area (Å²) in [5.74, 6) is -1.96. The lowest BCUT2D eigenvalue weighted by molar-refractivity contribution is -0.136. The van der Waals surface area contributed by atoms with E-state index in [2.05, 4.69) is 15.1 Å². The van der Waals surface area contributed by atoms with Crippen molar-refractivity contribution in [3.8, 4) is 0 Å². The van der Waals surface area contributed by atoms with Gasteiger partial charge in [-0.1, -0.05) is 0 Å². The number of benzene rings is 1. The Hall–Kier alpha value is -3.47. The Morgan fingerprint density at radius 3 is 2.28 bits per heavy atom. The minimum atomic E-state index is -0.959. The number of imide groups is 2. The van der Waals surface area contributed by atoms with Crippen LogP contribution in [0.15, 0.2) is 18.2 Å². The van der Waals surface area contributed by atoms with Crippen molar-refractivity contribution in [1.82, 2.24) is 20.0 Å². The Morgan fingerprint density at radius 2 is 1.64 bits per heavy atom. The molecule has 6 rings (SSSR count). The smallest absolute Gasteiger partial charge is 0.410 e. The number of carbonyl (C=O) groups is 5. The monoisotopic (exact) mass is 537 g/mol. The molecular formula is C28H35N5O6. The molecule has 11 nitrogen and oxygen atoms in total. The van der Waals surface area contributed by atoms with E-state index < -0.39 is 29.4 Å². The van der Waals surface area contributed by atoms with Gasteiger partial charge in [0.25, 0.3) is 11.8 Å². The zero-order valence-corrected chi connectivity index (χ0v) is 22.7. The molecule has 5 aliphatic rings. The number of carbonyl (C=O) groups excluding carboxylic acids is 5. The molecular weight excluding hydrogens is 502 g/mol. The SMILES string of the molecule is CC(C)(C)OC(=O)N1CC2(CC(N3CCN(c4ccc5c(c4)C(=O)N(C4CCC(=O)NC4=O)C5=O)CC3)C2)C1. The molecule has 1 atom stereocenters. The van der Waals surface area contributed by atoms with Gasteiger partial charge in [-0.25, -0.2) is 4.79 Å². The molecule has 0 radical (unpaired) electrons. The number of piperazine rings is 1. The summed E-state index contributed by atoms with van der Waals surface area (Å²) in [5, 5.41) is 2.23. The van der Waals surface area contributed by atoms with Gasteiger partial charge in [0, 0.05) is 62.8 Å². The van der Waals surface area contributed by atoms with Crippen LogP contribution < -0.4 is 10.2 Å². The number of nitrogens with one attached hydrogen (secondary N) is 1. The largest absolute Gasteiger partial charge is 0.444 e. The van der Waals surface area contributed by atoms with Crippen LogP contribution in [0.1, 0.15) is 67.2 Å². The van der Waals surface area contributed by atoms with Gasteiger partial charge in [-0.15, -0.1) is 0 Å². The van der Waals surface area contributed by atoms with Gasteiger partial charge >= 0.3 is 6.09 Å². The molecule has 4 fully saturated rings. The summed E-state index contributed by atoms with van der Waals surface area (Å²) in [4.78, 5) is 69.8. The molecule has 0 aromatic heterocycles. The molecule has 39 heavy (non-hydrogen) atoms. The van der Waals surface area contributed by atoms with Crippen LogP contribution in [0.2, 0.25) is 0 Å². The number of nitrogens with zero attached hydrogens (tertiary/aromatic N) is 4. The minimum absolute atomic E-state index is 0.101. The van der Waals surface area contributed by atoms with Gasteiger partial charge in [0.2, 0.25) is 11.8 Å². The quantitative estimate of drug-likeness (QED) is 0.578. The first-order valence-corrected chi connectivity index (χ1v) is 13.8. The minimum Gasteiger partial charge on any atom is -0.444 e. The van der Waals surface area contributed by atoms with Crippen LogP contribution in [-0.2, 0) is 14.3 Å². The van der Waals surface area contributed by atoms with Crippen molar-refractivity contribution >= 4 is 35.4 Å². The van der Waals surface area contributed by atoms with E-state index in [1.807, 2.05) is 26.8 Å². The number of hydrogen-bond acceptors (Lipinski definition) is 8. The molecule has 5 amide bonds. The summed E-state index contributed by atoms with van der Waals surface area (Å²) in [5.41, 5.74) is 1.26. The van der Waals surface area contributed by atoms with Crippen LogP contribution >= 0.6 is 0 Å². The highest BCUT2D eigenvalue weighted by molar-refractivity contribution is 6.23. The van der Waals surface area contributed by atoms with Crippen LogP contribution in [-0.4, -0.2) is 101 Å². The van der Waals surface area contributed by atoms with E-state index in [0.717, 1.165) is 62.7 Å². The van der Waals surface area contributed by atoms with Gasteiger partial charge in [0.15, 0.2) is 0 Å². The summed E-state index contributed by atoms with van der Waals surface area (Å²) in [7, 11) is 0. The average molecular weight is 538 g/mol. The second kappa shape index (κ2) is 9.04. The maximum absolute atomic E-state index is 13.2. The fourth-order valence-corrected chi connectivity index (χ4v) is 6.68. The molecule has 0 bridgehead atoms. The van der Waals surface area contributed by atoms with Crippen LogP contribution in [0.25, 0.3) is 0 Å². The van der Waals surface area contributed by atoms with Gasteiger partial charge in [-0.2, -0.15) is 0 Å². The zero-order valence-electron chi connectivity index (χ0n) is 22.7. The maximum atomic E-state index is 13.2. The van der Waals surface area contributed by atoms with Crippen LogP contribution in [0.3, 0.4) is 0 Å². The third-order valence-electron chi connectivity index (χ3n) is 8.66. The number of hydrogen-bond donors (Lipinski definition) is 1. The molecule has 1 aliphatic carbocycles. The lowest BCUT2D eigenvalue weighted by Gasteiger charge is -2.61. The van der Waals surface area contributed by atoms with Crippen molar-refractivity contribution in [2.75, 3.05) is 44.2 Å². The second-order valence-electron chi connectivity index (χ2n) is 12.6. The first-order chi connectivity index (χ1) is 18.4. The van der Waals surface area contributed by atoms with Crippen molar-refractivity contribution < 1.29 is 28.7 Å². The number of ether oxygens (including phenoxy) is 1. The highest BCUT2D eigenvalue weighted by Crippen LogP contribution is 2.50. The fourth-order valence-electron chi connectivity index (χ4n) is 6.68. The lowest BCUT2D eigenvalue weighted by atomic mass is 9.60. The Kier molecular flexibility index (Phi) is 5.98. The number of anilines is 1. The van der Waals surface area contributed by atoms with Crippen molar-refractivity contribution in [3.05, 3.63) is 29.3 Å². The highest BCUT2D eigenvalue weighted by atomic mass is 16.6. The van der Waals surface area contributed by atoms with Crippen molar-refractivity contribution in [2.24, 2.45) is 5.41 Å². The van der Waals surface area contributed by atoms with Gasteiger partial charge in [0.1, 0.15) is 11.6 Å². The molecule has 4 heterocycles. The van der Waals surface area contributed by atoms with Crippen LogP contribution in [0.4, 0.5) is 10.5 Å². The summed E-state index contributed by atoms with van der Waals surface area (Å²) < 4.78 is 5.48. The van der Waals surface area contributed by atoms with E-state index >= 15 is 0 Å². The summed E-state index contributed by atoms with van der Waals surface area (Å²) in [6.07, 6.45) is 2.21. The van der Waals surface area contributed by atoms with E-state index in [0.29, 0.717) is 17.2 Å². The Balaban J connectivity index is 1.02. The lowest BCUT2D eigenvalue weighted by Crippen LogP contribution is -2.69. The average Bonchev–Trinajstić information content (AvgIpc) is 3.06. The van der Waals surface area contributed by atoms with Gasteiger partial charge in [-0.05, 0) is 58.2 Å². The highest BCUT2D eigenvalue weighted by Gasteiger charge is 2.55. The Morgan fingerprint density at radius 1 is 0.974 bits per heavy atom. The first-order valence-electron chi connectivity index (χ1n) is 13.8. The van der Waals surface area contributed by atoms with E-state index in [-0.39, 0.29) is 30.3 Å². The Bertz CT molecular complexity index is 1250. The van der Waals surface area contributed by atoms with E-state index in [9.17, 15) is 24.0 Å². The van der Waals surface area contributed by atoms with Crippen molar-refractivity contribution in [3.63, 3.8) is 0 Å². The second-order valence-corrected chi connectivity index (χ2v) is 12.6. The van der Waals surface area contributed by atoms with Crippen molar-refractivity contribution in [1.29, 1.82) is 0 Å². The predicted octanol–water partition coefficient (Wildman–Crippen LogP) is 1.61. The third kappa shape index (κ3) is 4.56. The van der Waals surface area contributed by atoms with Gasteiger partial charge in [-0.3, -0.25) is 34.3 Å². The number of likely N-dealkylation sites (tertiary alicyclic amines) is 1. The molecule has 11 heteroatoms. The molecule has 1 saturated carbocycles. The van der Waals surface area contributed by atoms with Crippen LogP contribution in [0, 0.1) is 5.41 Å². The number of amides is 5. The number of rotatable bonds is 3. The van der Waals surface area contributed by atoms with Gasteiger partial charge < -0.3 is 14.5 Å². The van der Waals surface area contributed by atoms with E-state index in [4.69, 9.17) is 4.74 Å². The van der Waals surface area contributed by atoms with Crippen LogP contribution in [0.5, 0.6) is 0 Å². The first kappa shape index (κ1) is 25.8. The zero-order chi connectivity index (χ0) is 27.7. The fraction of sp³-hybridized carbons (Fsp3) is 0.607. The molecule has 1 N–H and O–H groups in total. The van der Waals surface area contributed by atoms with Crippen molar-refractivity contribution in [2.45, 2.75) is 64.1 Å². The molecule has 1 spiro atoms. The van der Waals surface area contributed by atoms with E-state index in [1.165, 1.54) is 0 Å². The predicted molar refractivity (Wildman–Crippen MR) is 140 cm³/mol. The Labute approximate surface area is 227 Å². The summed E-state index contributed by atoms with van der Waals surface area (Å²) in [6.45, 7) is 10.6. The number of piperidine rings is 1. The summed E-state index contributed by atoms with van der Waals surface area (Å²) in [6, 6.07) is 4.86. The molecule has 1 unspecified atom stereocenters. The molecule has 1 aromatic rings. The van der Waals surface area contributed by atoms with Gasteiger partial charge in [0.05, 0.1) is 11.1 Å². The summed E-state index contributed by atoms with van der Waals surface area (Å²) >= 11 is 0. The molecule has 4 aliphatic heterocycles. The molecule has 3 saturated heterocycles. The molecule has 1 aromatic carbocycles. The maximum Gasteiger partial charge on any atom is 0.410 e. The normalized spacial score (nSPS) is 25.4. The standard InChI is InChI=1S/C28H35N5O6/c1-27(2,3)39-26(38)32-15-28(16-32)13-18(14-28)31-10-8-30(9-11-31)17-4-5-19-20(12-17)25(37)33(24(19)36)21-6-7-22(34)29-23(21)35/h4-5,12,18,21H,6-11,13-16H2,1-3H3,(H,29,34,35). The van der Waals surface area contributed by atoms with E-state index in [1.54, 1.807) is 17.0 Å². The number of fused-ring (bicyclic) bond motifs is 1. The third-order valence-corrected chi connectivity index (χ3v) is 8.66. The topological polar surface area (TPSA) is 120 Å².